The van der Waals surface area contributed by atoms with Gasteiger partial charge < -0.3 is 15.3 Å². The molecule has 0 bridgehead atoms. The van der Waals surface area contributed by atoms with E-state index in [-0.39, 0.29) is 30.7 Å². The summed E-state index contributed by atoms with van der Waals surface area (Å²) in [4.78, 5) is 37.3. The number of nitrogens with one attached hydrogen (secondary N) is 1. The summed E-state index contributed by atoms with van der Waals surface area (Å²) in [6, 6.07) is 4.92. The van der Waals surface area contributed by atoms with Gasteiger partial charge >= 0.3 is 5.97 Å². The highest BCUT2D eigenvalue weighted by Crippen LogP contribution is 2.42. The highest BCUT2D eigenvalue weighted by Gasteiger charge is 2.49. The SMILES string of the molecule is O=C(Cc1cccc(F)c1)NCC(=O)N1CC2CCCC2C1C(=O)O. The molecule has 6 nitrogen and oxygen atoms in total. The Kier molecular flexibility index (Phi) is 5.01. The van der Waals surface area contributed by atoms with E-state index >= 15 is 0 Å². The van der Waals surface area contributed by atoms with Crippen LogP contribution in [0.2, 0.25) is 0 Å². The molecule has 3 unspecified atom stereocenters. The maximum absolute atomic E-state index is 13.1. The van der Waals surface area contributed by atoms with Crippen molar-refractivity contribution in [2.75, 3.05) is 13.1 Å². The molecule has 3 rings (SSSR count). The second-order valence-electron chi connectivity index (χ2n) is 6.77. The Morgan fingerprint density at radius 2 is 2.08 bits per heavy atom. The quantitative estimate of drug-likeness (QED) is 0.837. The lowest BCUT2D eigenvalue weighted by Crippen LogP contribution is -2.47. The molecule has 2 N–H and O–H groups in total. The second-order valence-corrected chi connectivity index (χ2v) is 6.77. The van der Waals surface area contributed by atoms with Gasteiger partial charge in [0.1, 0.15) is 11.9 Å². The van der Waals surface area contributed by atoms with Gasteiger partial charge in [-0.3, -0.25) is 9.59 Å². The molecule has 2 aliphatic rings. The minimum atomic E-state index is -0.978. The molecule has 134 valence electrons. The standard InChI is InChI=1S/C18H21FN2O4/c19-13-5-1-3-11(7-13)8-15(22)20-9-16(23)21-10-12-4-2-6-14(12)17(21)18(24)25/h1,3,5,7,12,14,17H,2,4,6,8-10H2,(H,20,22)(H,24,25). The Morgan fingerprint density at radius 3 is 2.80 bits per heavy atom. The maximum atomic E-state index is 13.1. The van der Waals surface area contributed by atoms with Gasteiger partial charge in [0.2, 0.25) is 11.8 Å². The van der Waals surface area contributed by atoms with E-state index in [1.165, 1.54) is 23.1 Å². The lowest BCUT2D eigenvalue weighted by molar-refractivity contribution is -0.149. The number of rotatable bonds is 5. The predicted molar refractivity (Wildman–Crippen MR) is 87.1 cm³/mol. The number of nitrogens with zero attached hydrogens (tertiary/aromatic N) is 1. The summed E-state index contributed by atoms with van der Waals surface area (Å²) in [5, 5.41) is 12.0. The first-order valence-electron chi connectivity index (χ1n) is 8.49. The third kappa shape index (κ3) is 3.81. The highest BCUT2D eigenvalue weighted by atomic mass is 19.1. The smallest absolute Gasteiger partial charge is 0.326 e. The zero-order chi connectivity index (χ0) is 18.0. The van der Waals surface area contributed by atoms with Gasteiger partial charge in [-0.15, -0.1) is 0 Å². The van der Waals surface area contributed by atoms with Crippen molar-refractivity contribution in [3.63, 3.8) is 0 Å². The third-order valence-corrected chi connectivity index (χ3v) is 5.15. The Labute approximate surface area is 145 Å². The molecule has 1 saturated heterocycles. The van der Waals surface area contributed by atoms with Gasteiger partial charge in [-0.1, -0.05) is 18.6 Å². The van der Waals surface area contributed by atoms with Crippen LogP contribution in [0.25, 0.3) is 0 Å². The van der Waals surface area contributed by atoms with Gasteiger partial charge in [-0.05, 0) is 42.4 Å². The van der Waals surface area contributed by atoms with Crippen molar-refractivity contribution in [1.29, 1.82) is 0 Å². The Balaban J connectivity index is 1.55. The van der Waals surface area contributed by atoms with E-state index in [1.807, 2.05) is 0 Å². The first-order valence-corrected chi connectivity index (χ1v) is 8.49. The van der Waals surface area contributed by atoms with Crippen LogP contribution >= 0.6 is 0 Å². The summed E-state index contributed by atoms with van der Waals surface area (Å²) in [5.74, 6) is -1.92. The molecule has 25 heavy (non-hydrogen) atoms. The van der Waals surface area contributed by atoms with Gasteiger partial charge in [0.25, 0.3) is 0 Å². The van der Waals surface area contributed by atoms with E-state index in [4.69, 9.17) is 0 Å². The van der Waals surface area contributed by atoms with Crippen LogP contribution < -0.4 is 5.32 Å². The van der Waals surface area contributed by atoms with Crippen molar-refractivity contribution >= 4 is 17.8 Å². The summed E-state index contributed by atoms with van der Waals surface area (Å²) >= 11 is 0. The summed E-state index contributed by atoms with van der Waals surface area (Å²) in [5.41, 5.74) is 0.518. The fourth-order valence-corrected chi connectivity index (χ4v) is 4.05. The number of halogens is 1. The zero-order valence-electron chi connectivity index (χ0n) is 13.8. The first-order chi connectivity index (χ1) is 12.0. The zero-order valence-corrected chi connectivity index (χ0v) is 13.8. The van der Waals surface area contributed by atoms with Crippen LogP contribution in [-0.4, -0.2) is 46.9 Å². The molecular weight excluding hydrogens is 327 g/mol. The van der Waals surface area contributed by atoms with Crippen LogP contribution in [-0.2, 0) is 20.8 Å². The van der Waals surface area contributed by atoms with E-state index in [2.05, 4.69) is 5.32 Å². The molecule has 1 aliphatic heterocycles. The molecule has 7 heteroatoms. The number of hydrogen-bond acceptors (Lipinski definition) is 3. The molecule has 0 radical (unpaired) electrons. The molecule has 0 aromatic heterocycles. The van der Waals surface area contributed by atoms with Gasteiger partial charge in [0, 0.05) is 6.54 Å². The van der Waals surface area contributed by atoms with Gasteiger partial charge in [-0.25, -0.2) is 9.18 Å². The molecule has 1 saturated carbocycles. The second kappa shape index (κ2) is 7.21. The average Bonchev–Trinajstić information content (AvgIpc) is 3.12. The van der Waals surface area contributed by atoms with Crippen molar-refractivity contribution in [3.8, 4) is 0 Å². The number of aliphatic carboxylic acids is 1. The lowest BCUT2D eigenvalue weighted by atomic mass is 9.94. The van der Waals surface area contributed by atoms with Crippen molar-refractivity contribution < 1.29 is 23.9 Å². The van der Waals surface area contributed by atoms with E-state index < -0.39 is 23.7 Å². The van der Waals surface area contributed by atoms with Crippen LogP contribution in [0.15, 0.2) is 24.3 Å². The number of hydrogen-bond donors (Lipinski definition) is 2. The van der Waals surface area contributed by atoms with E-state index in [9.17, 15) is 23.9 Å². The molecule has 2 amide bonds. The van der Waals surface area contributed by atoms with Crippen molar-refractivity contribution in [2.24, 2.45) is 11.8 Å². The van der Waals surface area contributed by atoms with Gasteiger partial charge in [0.05, 0.1) is 13.0 Å². The maximum Gasteiger partial charge on any atom is 0.326 e. The Morgan fingerprint density at radius 1 is 1.28 bits per heavy atom. The largest absolute Gasteiger partial charge is 0.480 e. The number of benzene rings is 1. The minimum Gasteiger partial charge on any atom is -0.480 e. The summed E-state index contributed by atoms with van der Waals surface area (Å²) < 4.78 is 13.1. The average molecular weight is 348 g/mol. The number of likely N-dealkylation sites (tertiary alicyclic amines) is 1. The van der Waals surface area contributed by atoms with E-state index in [1.54, 1.807) is 6.07 Å². The summed E-state index contributed by atoms with van der Waals surface area (Å²) in [6.07, 6.45) is 2.76. The number of carbonyl (C=O) groups is 3. The molecule has 0 spiro atoms. The van der Waals surface area contributed by atoms with Crippen molar-refractivity contribution in [3.05, 3.63) is 35.6 Å². The van der Waals surface area contributed by atoms with Crippen LogP contribution in [0.4, 0.5) is 4.39 Å². The van der Waals surface area contributed by atoms with Crippen molar-refractivity contribution in [2.45, 2.75) is 31.7 Å². The topological polar surface area (TPSA) is 86.7 Å². The molecule has 2 fully saturated rings. The highest BCUT2D eigenvalue weighted by molar-refractivity contribution is 5.89. The number of amides is 2. The Bertz CT molecular complexity index is 693. The van der Waals surface area contributed by atoms with Crippen molar-refractivity contribution in [1.82, 2.24) is 10.2 Å². The van der Waals surface area contributed by atoms with Crippen LogP contribution in [0.5, 0.6) is 0 Å². The van der Waals surface area contributed by atoms with Crippen LogP contribution in [0.3, 0.4) is 0 Å². The molecule has 3 atom stereocenters. The van der Waals surface area contributed by atoms with Crippen LogP contribution in [0.1, 0.15) is 24.8 Å². The lowest BCUT2D eigenvalue weighted by Gasteiger charge is -2.24. The van der Waals surface area contributed by atoms with Gasteiger partial charge in [0.15, 0.2) is 0 Å². The first kappa shape index (κ1) is 17.4. The molecule has 1 heterocycles. The summed E-state index contributed by atoms with van der Waals surface area (Å²) in [7, 11) is 0. The number of carboxylic acids is 1. The summed E-state index contributed by atoms with van der Waals surface area (Å²) in [6.45, 7) is 0.206. The Hall–Kier alpha value is -2.44. The predicted octanol–water partition coefficient (Wildman–Crippen LogP) is 1.20. The number of carbonyl (C=O) groups excluding carboxylic acids is 2. The number of fused-ring (bicyclic) bond motifs is 1. The molecular formula is C18H21FN2O4. The normalized spacial score (nSPS) is 24.8. The fraction of sp³-hybridized carbons (Fsp3) is 0.500. The third-order valence-electron chi connectivity index (χ3n) is 5.15. The fourth-order valence-electron chi connectivity index (χ4n) is 4.05. The van der Waals surface area contributed by atoms with Gasteiger partial charge in [-0.2, -0.15) is 0 Å². The monoisotopic (exact) mass is 348 g/mol. The number of carboxylic acid groups (broad SMARTS) is 1. The minimum absolute atomic E-state index is 0.0180. The van der Waals surface area contributed by atoms with E-state index in [0.29, 0.717) is 12.1 Å². The molecule has 1 aromatic rings. The van der Waals surface area contributed by atoms with E-state index in [0.717, 1.165) is 19.3 Å². The molecule has 1 aliphatic carbocycles. The molecule has 1 aromatic carbocycles. The van der Waals surface area contributed by atoms with Crippen LogP contribution in [0, 0.1) is 17.7 Å².